The number of hydrogen-bond donors (Lipinski definition) is 2. The van der Waals surface area contributed by atoms with Crippen molar-refractivity contribution in [3.63, 3.8) is 0 Å². The van der Waals surface area contributed by atoms with Crippen LogP contribution in [0.15, 0.2) is 42.6 Å². The van der Waals surface area contributed by atoms with Gasteiger partial charge in [0, 0.05) is 51.5 Å². The minimum atomic E-state index is 0.113. The summed E-state index contributed by atoms with van der Waals surface area (Å²) >= 11 is 0. The summed E-state index contributed by atoms with van der Waals surface area (Å²) < 4.78 is 8.05. The number of pyridine rings is 1. The van der Waals surface area contributed by atoms with E-state index in [0.717, 1.165) is 56.2 Å². The summed E-state index contributed by atoms with van der Waals surface area (Å²) in [5.41, 5.74) is 12.1. The van der Waals surface area contributed by atoms with Gasteiger partial charge in [0.25, 0.3) is 0 Å². The zero-order valence-electron chi connectivity index (χ0n) is 18.4. The van der Waals surface area contributed by atoms with Crippen molar-refractivity contribution in [2.45, 2.75) is 32.2 Å². The summed E-state index contributed by atoms with van der Waals surface area (Å²) in [4.78, 5) is 4.83. The van der Waals surface area contributed by atoms with E-state index in [9.17, 15) is 5.26 Å². The van der Waals surface area contributed by atoms with Crippen LogP contribution in [0.5, 0.6) is 0 Å². The molecule has 0 amide bonds. The first-order chi connectivity index (χ1) is 15.6. The number of anilines is 2. The van der Waals surface area contributed by atoms with E-state index >= 15 is 0 Å². The smallest absolute Gasteiger partial charge is 0.142 e. The molecule has 0 radical (unpaired) electrons. The van der Waals surface area contributed by atoms with Crippen molar-refractivity contribution >= 4 is 16.9 Å². The summed E-state index contributed by atoms with van der Waals surface area (Å²) in [5.74, 6) is 0. The Bertz CT molecular complexity index is 1150. The lowest BCUT2D eigenvalue weighted by molar-refractivity contribution is -0.0329. The van der Waals surface area contributed by atoms with Crippen molar-refractivity contribution in [1.82, 2.24) is 14.5 Å². The van der Waals surface area contributed by atoms with Crippen LogP contribution in [-0.4, -0.2) is 59.4 Å². The van der Waals surface area contributed by atoms with Crippen molar-refractivity contribution in [1.29, 1.82) is 5.26 Å². The molecule has 1 saturated heterocycles. The highest BCUT2D eigenvalue weighted by atomic mass is 16.5. The van der Waals surface area contributed by atoms with E-state index in [-0.39, 0.29) is 12.2 Å². The maximum Gasteiger partial charge on any atom is 0.142 e. The number of morpholine rings is 1. The molecule has 4 heterocycles. The molecule has 0 aliphatic carbocycles. The topological polar surface area (TPSA) is 94.9 Å². The van der Waals surface area contributed by atoms with Crippen LogP contribution < -0.4 is 16.0 Å². The number of nitrogens with one attached hydrogen (secondary N) is 1. The highest BCUT2D eigenvalue weighted by molar-refractivity contribution is 5.74. The van der Waals surface area contributed by atoms with Crippen LogP contribution in [0.3, 0.4) is 0 Å². The number of hydrogen-bond acceptors (Lipinski definition) is 7. The second-order valence-corrected chi connectivity index (χ2v) is 8.69. The van der Waals surface area contributed by atoms with Gasteiger partial charge in [0.15, 0.2) is 0 Å². The minimum absolute atomic E-state index is 0.113. The Kier molecular flexibility index (Phi) is 5.70. The summed E-state index contributed by atoms with van der Waals surface area (Å²) in [6.07, 6.45) is 1.99. The molecule has 2 aromatic heterocycles. The van der Waals surface area contributed by atoms with Crippen LogP contribution in [0, 0.1) is 11.3 Å². The van der Waals surface area contributed by atoms with Gasteiger partial charge < -0.3 is 20.7 Å². The predicted molar refractivity (Wildman–Crippen MR) is 125 cm³/mol. The Morgan fingerprint density at radius 3 is 2.91 bits per heavy atom. The molecule has 0 bridgehead atoms. The maximum atomic E-state index is 9.37. The molecule has 32 heavy (non-hydrogen) atoms. The number of fused-ring (bicyclic) bond motifs is 2. The minimum Gasteiger partial charge on any atom is -0.384 e. The molecule has 0 saturated carbocycles. The highest BCUT2D eigenvalue weighted by Gasteiger charge is 2.30. The largest absolute Gasteiger partial charge is 0.384 e. The standard InChI is InChI=1S/C24H29N7O/c1-17-12-30(23-5-4-21(11-26)31-24(23)6-8-28-31)16-22(32-17)15-29-13-18-2-3-20(27-9-7-25)10-19(18)14-29/h2-6,8,10,17,22,27H,7,9,12-16,25H2,1H3/t17-,22+/m1/s1. The van der Waals surface area contributed by atoms with Gasteiger partial charge in [-0.15, -0.1) is 0 Å². The normalized spacial score (nSPS) is 21.0. The number of aromatic nitrogens is 2. The van der Waals surface area contributed by atoms with E-state index in [1.807, 2.05) is 18.2 Å². The van der Waals surface area contributed by atoms with Gasteiger partial charge in [-0.25, -0.2) is 4.52 Å². The monoisotopic (exact) mass is 431 g/mol. The number of rotatable bonds is 6. The fraction of sp³-hybridized carbons (Fsp3) is 0.417. The van der Waals surface area contributed by atoms with Crippen LogP contribution >= 0.6 is 0 Å². The molecule has 3 N–H and O–H groups in total. The molecule has 1 fully saturated rings. The molecule has 8 heteroatoms. The second-order valence-electron chi connectivity index (χ2n) is 8.69. The Hall–Kier alpha value is -3.12. The summed E-state index contributed by atoms with van der Waals surface area (Å²) in [6.45, 7) is 7.94. The predicted octanol–water partition coefficient (Wildman–Crippen LogP) is 2.19. The van der Waals surface area contributed by atoms with Crippen molar-refractivity contribution in [2.75, 3.05) is 42.9 Å². The molecule has 2 atom stereocenters. The van der Waals surface area contributed by atoms with Gasteiger partial charge in [0.1, 0.15) is 11.8 Å². The Morgan fingerprint density at radius 2 is 2.06 bits per heavy atom. The fourth-order valence-electron chi connectivity index (χ4n) is 4.91. The van der Waals surface area contributed by atoms with E-state index in [1.165, 1.54) is 11.1 Å². The lowest BCUT2D eigenvalue weighted by atomic mass is 10.1. The first kappa shape index (κ1) is 20.8. The van der Waals surface area contributed by atoms with E-state index in [1.54, 1.807) is 10.7 Å². The molecule has 3 aromatic rings. The van der Waals surface area contributed by atoms with Crippen LogP contribution in [0.1, 0.15) is 23.7 Å². The fourth-order valence-corrected chi connectivity index (χ4v) is 4.91. The lowest BCUT2D eigenvalue weighted by Crippen LogP contribution is -2.50. The van der Waals surface area contributed by atoms with Gasteiger partial charge in [-0.1, -0.05) is 6.07 Å². The molecule has 8 nitrogen and oxygen atoms in total. The molecule has 2 aliphatic heterocycles. The van der Waals surface area contributed by atoms with Crippen LogP contribution in [0.2, 0.25) is 0 Å². The van der Waals surface area contributed by atoms with Gasteiger partial charge in [-0.2, -0.15) is 10.4 Å². The molecule has 2 aliphatic rings. The number of benzene rings is 1. The third kappa shape index (κ3) is 4.02. The van der Waals surface area contributed by atoms with Crippen molar-refractivity contribution < 1.29 is 4.74 Å². The van der Waals surface area contributed by atoms with Gasteiger partial charge >= 0.3 is 0 Å². The zero-order chi connectivity index (χ0) is 22.1. The maximum absolute atomic E-state index is 9.37. The third-order valence-corrected chi connectivity index (χ3v) is 6.24. The Balaban J connectivity index is 1.29. The highest BCUT2D eigenvalue weighted by Crippen LogP contribution is 2.29. The first-order valence-corrected chi connectivity index (χ1v) is 11.2. The molecule has 0 spiro atoms. The molecule has 0 unspecified atom stereocenters. The van der Waals surface area contributed by atoms with Gasteiger partial charge in [0.05, 0.1) is 29.6 Å². The third-order valence-electron chi connectivity index (χ3n) is 6.24. The number of nitrogens with two attached hydrogens (primary N) is 1. The van der Waals surface area contributed by atoms with Gasteiger partial charge in [0.2, 0.25) is 0 Å². The van der Waals surface area contributed by atoms with E-state index < -0.39 is 0 Å². The zero-order valence-corrected chi connectivity index (χ0v) is 18.4. The molecular formula is C24H29N7O. The SMILES string of the molecule is C[C@@H]1CN(c2ccc(C#N)n3nccc23)C[C@H](CN2Cc3ccc(NCCN)cc3C2)O1. The average Bonchev–Trinajstić information content (AvgIpc) is 3.43. The lowest BCUT2D eigenvalue weighted by Gasteiger charge is -2.39. The molecule has 5 rings (SSSR count). The molecule has 166 valence electrons. The summed E-state index contributed by atoms with van der Waals surface area (Å²) in [7, 11) is 0. The quantitative estimate of drug-likeness (QED) is 0.618. The number of nitriles is 1. The Morgan fingerprint density at radius 1 is 1.19 bits per heavy atom. The first-order valence-electron chi connectivity index (χ1n) is 11.2. The van der Waals surface area contributed by atoms with E-state index in [0.29, 0.717) is 12.2 Å². The Labute approximate surface area is 188 Å². The van der Waals surface area contributed by atoms with Gasteiger partial charge in [-0.3, -0.25) is 4.90 Å². The summed E-state index contributed by atoms with van der Waals surface area (Å²) in [6, 6.07) is 14.7. The van der Waals surface area contributed by atoms with Crippen molar-refractivity contribution in [3.05, 3.63) is 59.4 Å². The van der Waals surface area contributed by atoms with Crippen LogP contribution in [-0.2, 0) is 17.8 Å². The average molecular weight is 432 g/mol. The van der Waals surface area contributed by atoms with Gasteiger partial charge in [-0.05, 0) is 48.4 Å². The van der Waals surface area contributed by atoms with E-state index in [2.05, 4.69) is 51.4 Å². The van der Waals surface area contributed by atoms with Crippen LogP contribution in [0.4, 0.5) is 11.4 Å². The van der Waals surface area contributed by atoms with Crippen molar-refractivity contribution in [2.24, 2.45) is 5.73 Å². The molecular weight excluding hydrogens is 402 g/mol. The molecule has 1 aromatic carbocycles. The van der Waals surface area contributed by atoms with Crippen LogP contribution in [0.25, 0.3) is 5.52 Å². The summed E-state index contributed by atoms with van der Waals surface area (Å²) in [5, 5.41) is 17.1. The second kappa shape index (κ2) is 8.79. The number of ether oxygens (including phenoxy) is 1. The number of nitrogens with zero attached hydrogens (tertiary/aromatic N) is 5. The van der Waals surface area contributed by atoms with Crippen molar-refractivity contribution in [3.8, 4) is 6.07 Å². The van der Waals surface area contributed by atoms with E-state index in [4.69, 9.17) is 10.5 Å².